The zero-order chi connectivity index (χ0) is 28.8. The quantitative estimate of drug-likeness (QED) is 0.284. The van der Waals surface area contributed by atoms with Gasteiger partial charge in [0.05, 0.1) is 23.1 Å². The monoisotopic (exact) mass is 534 g/mol. The minimum Gasteiger partial charge on any atom is -0.370 e. The van der Waals surface area contributed by atoms with E-state index in [2.05, 4.69) is 29.6 Å². The number of benzene rings is 4. The van der Waals surface area contributed by atoms with E-state index in [0.717, 1.165) is 44.5 Å². The summed E-state index contributed by atoms with van der Waals surface area (Å²) in [4.78, 5) is 5.09. The van der Waals surface area contributed by atoms with Crippen molar-refractivity contribution in [3.05, 3.63) is 136 Å². The highest BCUT2D eigenvalue weighted by atomic mass is 15.0. The number of hydrogen-bond acceptors (Lipinski definition) is 6. The van der Waals surface area contributed by atoms with Crippen molar-refractivity contribution >= 4 is 22.6 Å². The average Bonchev–Trinajstić information content (AvgIpc) is 3.53. The highest BCUT2D eigenvalue weighted by molar-refractivity contribution is 6.24. The highest BCUT2D eigenvalue weighted by Crippen LogP contribution is 2.49. The molecule has 0 spiro atoms. The molecule has 0 saturated carbocycles. The Hall–Kier alpha value is -6.47. The van der Waals surface area contributed by atoms with Gasteiger partial charge in [0.2, 0.25) is 0 Å². The Morgan fingerprint density at radius 3 is 1.69 bits per heavy atom. The predicted octanol–water partition coefficient (Wildman–Crippen LogP) is 6.78. The third-order valence-electron chi connectivity index (χ3n) is 7.88. The number of rotatable bonds is 2. The second-order valence-corrected chi connectivity index (χ2v) is 10.0. The second kappa shape index (κ2) is 9.62. The molecule has 42 heavy (non-hydrogen) atoms. The molecule has 7 rings (SSSR count). The molecule has 4 aromatic carbocycles. The largest absolute Gasteiger partial charge is 0.370 e. The molecule has 192 valence electrons. The van der Waals surface area contributed by atoms with Gasteiger partial charge < -0.3 is 5.32 Å². The van der Waals surface area contributed by atoms with Crippen molar-refractivity contribution in [1.29, 1.82) is 21.0 Å². The first-order chi connectivity index (χ1) is 20.7. The van der Waals surface area contributed by atoms with Crippen LogP contribution in [0.15, 0.2) is 119 Å². The van der Waals surface area contributed by atoms with Gasteiger partial charge in [-0.05, 0) is 45.5 Å². The van der Waals surface area contributed by atoms with Crippen LogP contribution in [0.25, 0.3) is 39.1 Å². The second-order valence-electron chi connectivity index (χ2n) is 10.0. The van der Waals surface area contributed by atoms with E-state index in [1.54, 1.807) is 0 Å². The van der Waals surface area contributed by atoms with Crippen LogP contribution in [0.1, 0.15) is 22.3 Å². The van der Waals surface area contributed by atoms with E-state index in [1.807, 2.05) is 97.1 Å². The molecule has 3 aliphatic rings. The van der Waals surface area contributed by atoms with Gasteiger partial charge in [0, 0.05) is 22.3 Å². The Kier molecular flexibility index (Phi) is 5.62. The van der Waals surface area contributed by atoms with E-state index < -0.39 is 6.04 Å². The molecule has 6 nitrogen and oxygen atoms in total. The Morgan fingerprint density at radius 2 is 1.12 bits per heavy atom. The number of nitrogens with zero attached hydrogens (tertiary/aromatic N) is 5. The van der Waals surface area contributed by atoms with E-state index in [4.69, 9.17) is 4.99 Å². The lowest BCUT2D eigenvalue weighted by Gasteiger charge is -2.24. The molecular weight excluding hydrogens is 516 g/mol. The predicted molar refractivity (Wildman–Crippen MR) is 160 cm³/mol. The normalized spacial score (nSPS) is 15.4. The van der Waals surface area contributed by atoms with Gasteiger partial charge in [-0.2, -0.15) is 21.0 Å². The number of fused-ring (bicyclic) bond motifs is 5. The summed E-state index contributed by atoms with van der Waals surface area (Å²) in [5.74, 6) is 0. The molecule has 1 atom stereocenters. The lowest BCUT2D eigenvalue weighted by Crippen LogP contribution is -2.36. The maximum atomic E-state index is 9.96. The van der Waals surface area contributed by atoms with Gasteiger partial charge in [-0.15, -0.1) is 0 Å². The summed E-state index contributed by atoms with van der Waals surface area (Å²) >= 11 is 0. The SMILES string of the molecule is N#CC(C#N)=C1C2=C(NC3C(=N2)c2ccc(-c4ccccc4)cc2C3=C(C#N)C#N)c2ccc(-c3ccccc3)cc21. The Labute approximate surface area is 242 Å². The van der Waals surface area contributed by atoms with Crippen LogP contribution in [0.2, 0.25) is 0 Å². The first kappa shape index (κ1) is 24.6. The van der Waals surface area contributed by atoms with Crippen molar-refractivity contribution < 1.29 is 0 Å². The summed E-state index contributed by atoms with van der Waals surface area (Å²) in [5, 5.41) is 43.4. The highest BCUT2D eigenvalue weighted by Gasteiger charge is 2.43. The third kappa shape index (κ3) is 3.58. The van der Waals surface area contributed by atoms with Gasteiger partial charge >= 0.3 is 0 Å². The summed E-state index contributed by atoms with van der Waals surface area (Å²) in [5.41, 5.74) is 9.88. The van der Waals surface area contributed by atoms with Crippen LogP contribution < -0.4 is 5.32 Å². The van der Waals surface area contributed by atoms with Crippen molar-refractivity contribution in [2.45, 2.75) is 6.04 Å². The van der Waals surface area contributed by atoms with Crippen LogP contribution in [-0.4, -0.2) is 11.8 Å². The molecule has 6 heteroatoms. The van der Waals surface area contributed by atoms with Gasteiger partial charge in [-0.25, -0.2) is 4.99 Å². The summed E-state index contributed by atoms with van der Waals surface area (Å²) < 4.78 is 0. The minimum atomic E-state index is -0.548. The summed E-state index contributed by atoms with van der Waals surface area (Å²) in [6.07, 6.45) is 0. The minimum absolute atomic E-state index is 0.0105. The molecular formula is C36H18N6. The molecule has 4 aromatic rings. The zero-order valence-corrected chi connectivity index (χ0v) is 22.1. The van der Waals surface area contributed by atoms with Gasteiger partial charge in [0.15, 0.2) is 0 Å². The van der Waals surface area contributed by atoms with Crippen molar-refractivity contribution in [2.75, 3.05) is 0 Å². The Balaban J connectivity index is 1.45. The van der Waals surface area contributed by atoms with E-state index >= 15 is 0 Å². The fraction of sp³-hybridized carbons (Fsp3) is 0.0278. The molecule has 0 bridgehead atoms. The number of hydrogen-bond donors (Lipinski definition) is 1. The lowest BCUT2D eigenvalue weighted by molar-refractivity contribution is 0.902. The summed E-state index contributed by atoms with van der Waals surface area (Å²) in [7, 11) is 0. The molecule has 1 N–H and O–H groups in total. The van der Waals surface area contributed by atoms with Crippen molar-refractivity contribution in [3.8, 4) is 46.5 Å². The van der Waals surface area contributed by atoms with Gasteiger partial charge in [-0.3, -0.25) is 0 Å². The molecule has 1 aliphatic heterocycles. The van der Waals surface area contributed by atoms with Gasteiger partial charge in [0.1, 0.15) is 35.4 Å². The first-order valence-corrected chi connectivity index (χ1v) is 13.3. The summed E-state index contributed by atoms with van der Waals surface area (Å²) in [6.45, 7) is 0. The van der Waals surface area contributed by atoms with Crippen LogP contribution >= 0.6 is 0 Å². The number of nitrogens with one attached hydrogen (secondary N) is 1. The topological polar surface area (TPSA) is 120 Å². The van der Waals surface area contributed by atoms with Crippen molar-refractivity contribution in [3.63, 3.8) is 0 Å². The molecule has 1 heterocycles. The Morgan fingerprint density at radius 1 is 0.571 bits per heavy atom. The number of allylic oxidation sites excluding steroid dienone is 3. The van der Waals surface area contributed by atoms with E-state index in [1.165, 1.54) is 0 Å². The van der Waals surface area contributed by atoms with Gasteiger partial charge in [-0.1, -0.05) is 84.9 Å². The smallest absolute Gasteiger partial charge is 0.139 e. The molecule has 0 fully saturated rings. The number of aliphatic imine (C=N–C) groups is 1. The van der Waals surface area contributed by atoms with Crippen LogP contribution in [0.3, 0.4) is 0 Å². The molecule has 0 radical (unpaired) electrons. The van der Waals surface area contributed by atoms with Crippen molar-refractivity contribution in [2.24, 2.45) is 4.99 Å². The molecule has 1 unspecified atom stereocenters. The maximum absolute atomic E-state index is 9.96. The number of nitriles is 4. The van der Waals surface area contributed by atoms with Crippen LogP contribution in [-0.2, 0) is 0 Å². The Bertz CT molecular complexity index is 2100. The molecule has 2 aliphatic carbocycles. The van der Waals surface area contributed by atoms with Crippen molar-refractivity contribution in [1.82, 2.24) is 5.32 Å². The average molecular weight is 535 g/mol. The molecule has 0 saturated heterocycles. The standard InChI is InChI=1S/C36H18N6/c37-17-25(18-38)31-29-15-23(21-7-3-1-4-8-21)11-13-27(29)33-35(31)42-34-28-14-12-24(22-9-5-2-6-10-22)16-30(28)32(36(34)41-33)26(19-39)20-40/h1-16,35,42H. The molecule has 0 aromatic heterocycles. The summed E-state index contributed by atoms with van der Waals surface area (Å²) in [6, 6.07) is 39.5. The van der Waals surface area contributed by atoms with E-state index in [0.29, 0.717) is 28.3 Å². The van der Waals surface area contributed by atoms with Crippen LogP contribution in [0.4, 0.5) is 0 Å². The van der Waals surface area contributed by atoms with E-state index in [-0.39, 0.29) is 11.1 Å². The van der Waals surface area contributed by atoms with Crippen LogP contribution in [0.5, 0.6) is 0 Å². The third-order valence-corrected chi connectivity index (χ3v) is 7.88. The lowest BCUT2D eigenvalue weighted by atomic mass is 9.95. The zero-order valence-electron chi connectivity index (χ0n) is 22.1. The maximum Gasteiger partial charge on any atom is 0.139 e. The van der Waals surface area contributed by atoms with E-state index in [9.17, 15) is 21.0 Å². The van der Waals surface area contributed by atoms with Crippen LogP contribution in [0, 0.1) is 45.3 Å². The van der Waals surface area contributed by atoms with Gasteiger partial charge in [0.25, 0.3) is 0 Å². The fourth-order valence-corrected chi connectivity index (χ4v) is 6.01. The fourth-order valence-electron chi connectivity index (χ4n) is 6.01. The molecule has 0 amide bonds. The first-order valence-electron chi connectivity index (χ1n) is 13.3.